The Morgan fingerprint density at radius 1 is 0.569 bits per heavy atom. The maximum absolute atomic E-state index is 12.6. The van der Waals surface area contributed by atoms with Crippen molar-refractivity contribution in [1.29, 1.82) is 0 Å². The first-order chi connectivity index (χ1) is 28.0. The van der Waals surface area contributed by atoms with Gasteiger partial charge in [-0.25, -0.2) is 4.57 Å². The van der Waals surface area contributed by atoms with E-state index in [1.807, 2.05) is 27.2 Å². The van der Waals surface area contributed by atoms with E-state index in [1.165, 1.54) is 180 Å². The summed E-state index contributed by atoms with van der Waals surface area (Å²) in [5.74, 6) is -0.188. The van der Waals surface area contributed by atoms with Crippen molar-refractivity contribution in [2.45, 2.75) is 257 Å². The van der Waals surface area contributed by atoms with Crippen LogP contribution in [0.1, 0.15) is 245 Å². The highest BCUT2D eigenvalue weighted by Gasteiger charge is 2.27. The second-order valence-corrected chi connectivity index (χ2v) is 20.0. The monoisotopic (exact) mass is 844 g/mol. The Labute approximate surface area is 361 Å². The maximum atomic E-state index is 12.6. The van der Waals surface area contributed by atoms with Gasteiger partial charge in [-0.3, -0.25) is 13.8 Å². The summed E-state index contributed by atoms with van der Waals surface area (Å²) in [4.78, 5) is 22.8. The number of phosphoric ester groups is 1. The topological polar surface area (TPSA) is 105 Å². The molecule has 0 aromatic carbocycles. The van der Waals surface area contributed by atoms with Gasteiger partial charge in [0.15, 0.2) is 0 Å². The highest BCUT2D eigenvalue weighted by atomic mass is 31.2. The van der Waals surface area contributed by atoms with Gasteiger partial charge in [0.1, 0.15) is 13.2 Å². The molecule has 0 rings (SSSR count). The second-order valence-electron chi connectivity index (χ2n) is 18.6. The molecule has 0 aliphatic carbocycles. The van der Waals surface area contributed by atoms with Gasteiger partial charge in [0.2, 0.25) is 5.91 Å². The number of likely N-dealkylation sites (N-methyl/N-ethyl adjacent to an activating group) is 1. The van der Waals surface area contributed by atoms with Gasteiger partial charge in [-0.15, -0.1) is 0 Å². The number of allylic oxidation sites excluding steroid dienone is 1. The SMILES string of the molecule is CCCCCCCCCCCCCCCCCCCCCCCCCCCCCCC/C=C/C(O)C(COP(=O)(O)OCC[N+](C)(C)C)NC(=O)CCCCCCC. The summed E-state index contributed by atoms with van der Waals surface area (Å²) in [6.45, 7) is 4.74. The third-order valence-corrected chi connectivity index (χ3v) is 12.5. The van der Waals surface area contributed by atoms with Gasteiger partial charge in [0.05, 0.1) is 39.9 Å². The number of rotatable bonds is 46. The number of nitrogens with zero attached hydrogens (tertiary/aromatic N) is 1. The van der Waals surface area contributed by atoms with E-state index in [-0.39, 0.29) is 19.1 Å². The molecule has 0 radical (unpaired) electrons. The molecule has 346 valence electrons. The number of carbonyl (C=O) groups is 1. The van der Waals surface area contributed by atoms with E-state index >= 15 is 0 Å². The fourth-order valence-electron chi connectivity index (χ4n) is 7.51. The predicted octanol–water partition coefficient (Wildman–Crippen LogP) is 14.3. The Bertz CT molecular complexity index is 958. The van der Waals surface area contributed by atoms with E-state index in [0.29, 0.717) is 17.4 Å². The molecular weight excluding hydrogens is 744 g/mol. The van der Waals surface area contributed by atoms with Crippen LogP contribution in [0.4, 0.5) is 0 Å². The minimum atomic E-state index is -4.32. The number of quaternary nitrogens is 1. The standard InChI is InChI=1S/C49H99N2O6P/c1-6-8-10-12-13-14-15-16-17-18-19-20-21-22-23-24-25-26-27-28-29-30-31-32-33-34-35-36-37-39-40-42-48(52)47(50-49(53)43-41-38-11-9-7-2)46-57-58(54,55)56-45-44-51(3,4)5/h40,42,47-48,52H,6-39,41,43-46H2,1-5H3,(H-,50,53,54,55)/p+1/b42-40+. The summed E-state index contributed by atoms with van der Waals surface area (Å²) < 4.78 is 23.4. The second kappa shape index (κ2) is 41.6. The third kappa shape index (κ3) is 43.3. The lowest BCUT2D eigenvalue weighted by molar-refractivity contribution is -0.870. The van der Waals surface area contributed by atoms with Crippen molar-refractivity contribution in [3.8, 4) is 0 Å². The highest BCUT2D eigenvalue weighted by molar-refractivity contribution is 7.47. The number of aliphatic hydroxyl groups excluding tert-OH is 1. The van der Waals surface area contributed by atoms with Gasteiger partial charge in [0.25, 0.3) is 0 Å². The van der Waals surface area contributed by atoms with E-state index < -0.39 is 20.0 Å². The van der Waals surface area contributed by atoms with E-state index in [0.717, 1.165) is 44.9 Å². The molecule has 0 saturated carbocycles. The number of unbranched alkanes of at least 4 members (excludes halogenated alkanes) is 33. The first kappa shape index (κ1) is 57.2. The zero-order valence-electron chi connectivity index (χ0n) is 39.3. The normalized spacial score (nSPS) is 14.3. The summed E-state index contributed by atoms with van der Waals surface area (Å²) in [7, 11) is 1.58. The molecule has 9 heteroatoms. The number of hydrogen-bond donors (Lipinski definition) is 3. The Balaban J connectivity index is 3.87. The van der Waals surface area contributed by atoms with Crippen molar-refractivity contribution in [1.82, 2.24) is 5.32 Å². The molecule has 0 fully saturated rings. The number of aliphatic hydroxyl groups is 1. The predicted molar refractivity (Wildman–Crippen MR) is 249 cm³/mol. The Hall–Kier alpha value is -0.760. The molecule has 0 bridgehead atoms. The molecule has 1 amide bonds. The van der Waals surface area contributed by atoms with Crippen LogP contribution in [0.25, 0.3) is 0 Å². The number of amides is 1. The molecule has 0 saturated heterocycles. The van der Waals surface area contributed by atoms with Crippen molar-refractivity contribution in [3.63, 3.8) is 0 Å². The molecule has 3 atom stereocenters. The lowest BCUT2D eigenvalue weighted by atomic mass is 10.0. The van der Waals surface area contributed by atoms with Gasteiger partial charge < -0.3 is 19.8 Å². The summed E-state index contributed by atoms with van der Waals surface area (Å²) in [6.07, 6.45) is 49.4. The van der Waals surface area contributed by atoms with Crippen LogP contribution in [-0.4, -0.2) is 73.4 Å². The van der Waals surface area contributed by atoms with Gasteiger partial charge in [-0.1, -0.05) is 231 Å². The van der Waals surface area contributed by atoms with Crippen LogP contribution < -0.4 is 5.32 Å². The molecular formula is C49H100N2O6P+. The number of nitrogens with one attached hydrogen (secondary N) is 1. The van der Waals surface area contributed by atoms with Crippen molar-refractivity contribution >= 4 is 13.7 Å². The lowest BCUT2D eigenvalue weighted by Crippen LogP contribution is -2.45. The summed E-state index contributed by atoms with van der Waals surface area (Å²) >= 11 is 0. The van der Waals surface area contributed by atoms with Crippen molar-refractivity contribution in [3.05, 3.63) is 12.2 Å². The van der Waals surface area contributed by atoms with Crippen LogP contribution in [0.15, 0.2) is 12.2 Å². The van der Waals surface area contributed by atoms with Crippen LogP contribution in [0.2, 0.25) is 0 Å². The fraction of sp³-hybridized carbons (Fsp3) is 0.939. The average molecular weight is 844 g/mol. The zero-order valence-corrected chi connectivity index (χ0v) is 40.2. The van der Waals surface area contributed by atoms with Crippen LogP contribution >= 0.6 is 7.82 Å². The number of carbonyl (C=O) groups excluding carboxylic acids is 1. The summed E-state index contributed by atoms with van der Waals surface area (Å²) in [5.41, 5.74) is 0. The van der Waals surface area contributed by atoms with Gasteiger partial charge in [0, 0.05) is 6.42 Å². The smallest absolute Gasteiger partial charge is 0.387 e. The van der Waals surface area contributed by atoms with Crippen molar-refractivity contribution in [2.24, 2.45) is 0 Å². The maximum Gasteiger partial charge on any atom is 0.472 e. The molecule has 0 aromatic rings. The van der Waals surface area contributed by atoms with Crippen LogP contribution in [-0.2, 0) is 18.4 Å². The zero-order chi connectivity index (χ0) is 42.8. The third-order valence-electron chi connectivity index (χ3n) is 11.5. The summed E-state index contributed by atoms with van der Waals surface area (Å²) in [6, 6.07) is -0.838. The average Bonchev–Trinajstić information content (AvgIpc) is 3.17. The molecule has 3 N–H and O–H groups in total. The van der Waals surface area contributed by atoms with Crippen molar-refractivity contribution < 1.29 is 32.9 Å². The Morgan fingerprint density at radius 3 is 1.28 bits per heavy atom. The van der Waals surface area contributed by atoms with Gasteiger partial charge >= 0.3 is 7.82 Å². The van der Waals surface area contributed by atoms with Crippen LogP contribution in [0.3, 0.4) is 0 Å². The minimum Gasteiger partial charge on any atom is -0.387 e. The number of hydrogen-bond acceptors (Lipinski definition) is 5. The molecule has 0 heterocycles. The van der Waals surface area contributed by atoms with E-state index in [9.17, 15) is 19.4 Å². The van der Waals surface area contributed by atoms with Crippen molar-refractivity contribution in [2.75, 3.05) is 40.9 Å². The molecule has 0 aliphatic rings. The summed E-state index contributed by atoms with van der Waals surface area (Å²) in [5, 5.41) is 13.7. The molecule has 58 heavy (non-hydrogen) atoms. The fourth-order valence-corrected chi connectivity index (χ4v) is 8.25. The van der Waals surface area contributed by atoms with Gasteiger partial charge in [-0.05, 0) is 19.3 Å². The first-order valence-corrected chi connectivity index (χ1v) is 26.6. The van der Waals surface area contributed by atoms with Crippen LogP contribution in [0, 0.1) is 0 Å². The molecule has 0 spiro atoms. The molecule has 0 aliphatic heterocycles. The quantitative estimate of drug-likeness (QED) is 0.0244. The van der Waals surface area contributed by atoms with E-state index in [2.05, 4.69) is 19.2 Å². The molecule has 8 nitrogen and oxygen atoms in total. The Morgan fingerprint density at radius 2 is 0.914 bits per heavy atom. The number of phosphoric acid groups is 1. The van der Waals surface area contributed by atoms with E-state index in [4.69, 9.17) is 9.05 Å². The Kier molecular flexibility index (Phi) is 41.0. The minimum absolute atomic E-state index is 0.0637. The van der Waals surface area contributed by atoms with E-state index in [1.54, 1.807) is 6.08 Å². The molecule has 0 aromatic heterocycles. The largest absolute Gasteiger partial charge is 0.472 e. The first-order valence-electron chi connectivity index (χ1n) is 25.1. The van der Waals surface area contributed by atoms with Gasteiger partial charge in [-0.2, -0.15) is 0 Å². The van der Waals surface area contributed by atoms with Crippen LogP contribution in [0.5, 0.6) is 0 Å². The lowest BCUT2D eigenvalue weighted by Gasteiger charge is -2.25. The highest BCUT2D eigenvalue weighted by Crippen LogP contribution is 2.43. The molecule has 3 unspecified atom stereocenters.